The van der Waals surface area contributed by atoms with Gasteiger partial charge in [0.15, 0.2) is 0 Å². The van der Waals surface area contributed by atoms with E-state index in [0.717, 1.165) is 6.54 Å². The van der Waals surface area contributed by atoms with Gasteiger partial charge in [0.25, 0.3) is 0 Å². The summed E-state index contributed by atoms with van der Waals surface area (Å²) in [5, 5.41) is 11.5. The van der Waals surface area contributed by atoms with Crippen LogP contribution in [0.5, 0.6) is 0 Å². The fraction of sp³-hybridized carbons (Fsp3) is 0.625. The number of hydrogen-bond donors (Lipinski definition) is 2. The molecule has 1 saturated heterocycles. The second kappa shape index (κ2) is 3.40. The summed E-state index contributed by atoms with van der Waals surface area (Å²) in [5.74, 6) is 2.11. The minimum absolute atomic E-state index is 0.348. The Morgan fingerprint density at radius 3 is 3.00 bits per heavy atom. The molecule has 2 atom stereocenters. The van der Waals surface area contributed by atoms with E-state index in [0.29, 0.717) is 18.8 Å². The van der Waals surface area contributed by atoms with Crippen LogP contribution in [-0.4, -0.2) is 23.7 Å². The van der Waals surface area contributed by atoms with Crippen molar-refractivity contribution in [3.8, 4) is 12.3 Å². The number of nitrogens with one attached hydrogen (secondary N) is 1. The van der Waals surface area contributed by atoms with Gasteiger partial charge < -0.3 is 10.4 Å². The quantitative estimate of drug-likeness (QED) is 0.552. The minimum Gasteiger partial charge on any atom is -0.480 e. The summed E-state index contributed by atoms with van der Waals surface area (Å²) in [5.41, 5.74) is 0. The first-order valence-corrected chi connectivity index (χ1v) is 3.63. The molecule has 0 aromatic heterocycles. The number of rotatable bonds is 2. The van der Waals surface area contributed by atoms with Crippen LogP contribution < -0.4 is 5.32 Å². The summed E-state index contributed by atoms with van der Waals surface area (Å²) < 4.78 is 0. The van der Waals surface area contributed by atoms with Crippen LogP contribution in [0.3, 0.4) is 0 Å². The fourth-order valence-electron chi connectivity index (χ4n) is 1.32. The van der Waals surface area contributed by atoms with Gasteiger partial charge in [-0.2, -0.15) is 0 Å². The van der Waals surface area contributed by atoms with Crippen LogP contribution in [0.15, 0.2) is 0 Å². The van der Waals surface area contributed by atoms with E-state index in [1.165, 1.54) is 0 Å². The predicted octanol–water partition coefficient (Wildman–Crippen LogP) is 0.0724. The van der Waals surface area contributed by atoms with Crippen LogP contribution in [0.4, 0.5) is 0 Å². The average molecular weight is 153 g/mol. The molecule has 0 bridgehead atoms. The van der Waals surface area contributed by atoms with Crippen LogP contribution in [0.2, 0.25) is 0 Å². The van der Waals surface area contributed by atoms with E-state index in [4.69, 9.17) is 11.5 Å². The Balaban J connectivity index is 2.36. The zero-order valence-electron chi connectivity index (χ0n) is 6.21. The monoisotopic (exact) mass is 153 g/mol. The maximum atomic E-state index is 10.4. The van der Waals surface area contributed by atoms with E-state index in [1.807, 2.05) is 0 Å². The van der Waals surface area contributed by atoms with Crippen molar-refractivity contribution < 1.29 is 9.90 Å². The normalized spacial score (nSPS) is 29.7. The molecule has 1 fully saturated rings. The van der Waals surface area contributed by atoms with Gasteiger partial charge in [-0.15, -0.1) is 12.3 Å². The lowest BCUT2D eigenvalue weighted by Crippen LogP contribution is -2.29. The molecule has 3 nitrogen and oxygen atoms in total. The number of hydrogen-bond acceptors (Lipinski definition) is 2. The van der Waals surface area contributed by atoms with E-state index in [1.54, 1.807) is 0 Å². The fourth-order valence-corrected chi connectivity index (χ4v) is 1.32. The van der Waals surface area contributed by atoms with Crippen molar-refractivity contribution in [1.29, 1.82) is 0 Å². The number of carbonyl (C=O) groups is 1. The van der Waals surface area contributed by atoms with Gasteiger partial charge in [-0.3, -0.25) is 4.79 Å². The van der Waals surface area contributed by atoms with Crippen molar-refractivity contribution in [2.24, 2.45) is 5.92 Å². The van der Waals surface area contributed by atoms with Crippen molar-refractivity contribution in [3.05, 3.63) is 0 Å². The third-order valence-electron chi connectivity index (χ3n) is 1.93. The molecule has 1 aliphatic heterocycles. The maximum Gasteiger partial charge on any atom is 0.320 e. The van der Waals surface area contributed by atoms with Crippen molar-refractivity contribution in [2.45, 2.75) is 18.9 Å². The van der Waals surface area contributed by atoms with E-state index in [2.05, 4.69) is 11.2 Å². The Kier molecular flexibility index (Phi) is 2.50. The predicted molar refractivity (Wildman–Crippen MR) is 41.0 cm³/mol. The highest BCUT2D eigenvalue weighted by Gasteiger charge is 2.28. The summed E-state index contributed by atoms with van der Waals surface area (Å²) in [6.07, 6.45) is 6.45. The number of carboxylic acid groups (broad SMARTS) is 1. The molecule has 0 amide bonds. The van der Waals surface area contributed by atoms with Gasteiger partial charge in [-0.05, 0) is 18.9 Å². The van der Waals surface area contributed by atoms with Crippen LogP contribution in [0.25, 0.3) is 0 Å². The van der Waals surface area contributed by atoms with E-state index < -0.39 is 5.97 Å². The zero-order valence-corrected chi connectivity index (χ0v) is 6.21. The van der Waals surface area contributed by atoms with E-state index >= 15 is 0 Å². The molecule has 11 heavy (non-hydrogen) atoms. The van der Waals surface area contributed by atoms with Crippen molar-refractivity contribution in [1.82, 2.24) is 5.32 Å². The highest BCUT2D eigenvalue weighted by molar-refractivity contribution is 5.73. The highest BCUT2D eigenvalue weighted by atomic mass is 16.4. The van der Waals surface area contributed by atoms with Crippen LogP contribution in [0.1, 0.15) is 12.8 Å². The zero-order chi connectivity index (χ0) is 8.27. The van der Waals surface area contributed by atoms with Crippen molar-refractivity contribution >= 4 is 5.97 Å². The van der Waals surface area contributed by atoms with Crippen molar-refractivity contribution in [3.63, 3.8) is 0 Å². The van der Waals surface area contributed by atoms with Crippen molar-refractivity contribution in [2.75, 3.05) is 6.54 Å². The molecule has 3 heteroatoms. The lowest BCUT2D eigenvalue weighted by atomic mass is 10.0. The number of carboxylic acids is 1. The van der Waals surface area contributed by atoms with Crippen LogP contribution in [-0.2, 0) is 4.79 Å². The lowest BCUT2D eigenvalue weighted by molar-refractivity contribution is -0.139. The Hall–Kier alpha value is -1.01. The standard InChI is InChI=1S/C8H11NO2/c1-2-3-6-4-7(8(10)11)9-5-6/h1,6-7,9H,3-5H2,(H,10,11)/t6?,7-/m0/s1. The third kappa shape index (κ3) is 1.95. The summed E-state index contributed by atoms with van der Waals surface area (Å²) >= 11 is 0. The van der Waals surface area contributed by atoms with Gasteiger partial charge in [0.2, 0.25) is 0 Å². The molecule has 0 aliphatic carbocycles. The van der Waals surface area contributed by atoms with E-state index in [-0.39, 0.29) is 6.04 Å². The molecule has 0 saturated carbocycles. The first-order chi connectivity index (χ1) is 5.24. The second-order valence-electron chi connectivity index (χ2n) is 2.81. The van der Waals surface area contributed by atoms with Gasteiger partial charge in [-0.25, -0.2) is 0 Å². The molecule has 0 spiro atoms. The van der Waals surface area contributed by atoms with Crippen LogP contribution >= 0.6 is 0 Å². The number of aliphatic carboxylic acids is 1. The first-order valence-electron chi connectivity index (χ1n) is 3.63. The molecular formula is C8H11NO2. The molecular weight excluding hydrogens is 142 g/mol. The Morgan fingerprint density at radius 2 is 2.55 bits per heavy atom. The Morgan fingerprint density at radius 1 is 1.82 bits per heavy atom. The largest absolute Gasteiger partial charge is 0.480 e. The minimum atomic E-state index is -0.774. The molecule has 1 heterocycles. The molecule has 1 rings (SSSR count). The summed E-state index contributed by atoms with van der Waals surface area (Å²) in [7, 11) is 0. The average Bonchev–Trinajstić information content (AvgIpc) is 2.37. The lowest BCUT2D eigenvalue weighted by Gasteiger charge is -2.01. The highest BCUT2D eigenvalue weighted by Crippen LogP contribution is 2.16. The smallest absolute Gasteiger partial charge is 0.320 e. The molecule has 0 radical (unpaired) electrons. The second-order valence-corrected chi connectivity index (χ2v) is 2.81. The Bertz CT molecular complexity index is 195. The van der Waals surface area contributed by atoms with Gasteiger partial charge in [-0.1, -0.05) is 0 Å². The summed E-state index contributed by atoms with van der Waals surface area (Å²) in [6, 6.07) is -0.381. The maximum absolute atomic E-state index is 10.4. The molecule has 60 valence electrons. The molecule has 1 aliphatic rings. The third-order valence-corrected chi connectivity index (χ3v) is 1.93. The molecule has 0 aromatic carbocycles. The molecule has 0 aromatic rings. The topological polar surface area (TPSA) is 49.3 Å². The van der Waals surface area contributed by atoms with Gasteiger partial charge >= 0.3 is 5.97 Å². The van der Waals surface area contributed by atoms with Crippen LogP contribution in [0, 0.1) is 18.3 Å². The Labute approximate surface area is 65.8 Å². The number of terminal acetylenes is 1. The van der Waals surface area contributed by atoms with Gasteiger partial charge in [0.1, 0.15) is 6.04 Å². The molecule has 1 unspecified atom stereocenters. The summed E-state index contributed by atoms with van der Waals surface area (Å²) in [4.78, 5) is 10.4. The van der Waals surface area contributed by atoms with Gasteiger partial charge in [0.05, 0.1) is 0 Å². The van der Waals surface area contributed by atoms with Gasteiger partial charge in [0, 0.05) is 6.42 Å². The molecule has 2 N–H and O–H groups in total. The van der Waals surface area contributed by atoms with E-state index in [9.17, 15) is 4.79 Å². The summed E-state index contributed by atoms with van der Waals surface area (Å²) in [6.45, 7) is 0.737. The SMILES string of the molecule is C#CCC1CN[C@H](C(=O)O)C1. The first kappa shape index (κ1) is 8.09.